The smallest absolute Gasteiger partial charge is 0.111 e. The van der Waals surface area contributed by atoms with Gasteiger partial charge in [-0.05, 0) is 32.1 Å². The molecule has 0 radical (unpaired) electrons. The summed E-state index contributed by atoms with van der Waals surface area (Å²) < 4.78 is 0. The minimum Gasteiger partial charge on any atom is -0.550 e. The van der Waals surface area contributed by atoms with Crippen molar-refractivity contribution in [2.75, 3.05) is 0 Å². The molecule has 0 amide bonds. The Morgan fingerprint density at radius 1 is 1.09 bits per heavy atom. The van der Waals surface area contributed by atoms with E-state index in [0.29, 0.717) is 0 Å². The van der Waals surface area contributed by atoms with Crippen LogP contribution < -0.4 is 5.11 Å². The van der Waals surface area contributed by atoms with Crippen LogP contribution in [0, 0.1) is 0 Å². The highest BCUT2D eigenvalue weighted by Gasteiger charge is 2.02. The summed E-state index contributed by atoms with van der Waals surface area (Å²) in [6.07, 6.45) is 18.1. The lowest BCUT2D eigenvalue weighted by Crippen LogP contribution is -2.21. The van der Waals surface area contributed by atoms with Gasteiger partial charge in [-0.3, -0.25) is 5.26 Å². The van der Waals surface area contributed by atoms with Gasteiger partial charge in [-0.2, -0.15) is 0 Å². The van der Waals surface area contributed by atoms with Crippen LogP contribution in [0.2, 0.25) is 0 Å². The maximum atomic E-state index is 10.2. The Bertz CT molecular complexity index is 310. The van der Waals surface area contributed by atoms with Gasteiger partial charge in [0, 0.05) is 5.97 Å². The molecule has 128 valence electrons. The van der Waals surface area contributed by atoms with Crippen LogP contribution in [0.3, 0.4) is 0 Å². The fourth-order valence-electron chi connectivity index (χ4n) is 2.20. The van der Waals surface area contributed by atoms with Gasteiger partial charge in [-0.25, -0.2) is 4.89 Å². The van der Waals surface area contributed by atoms with Crippen molar-refractivity contribution in [3.05, 3.63) is 24.3 Å². The molecular formula is C18H31O4-. The second-order valence-corrected chi connectivity index (χ2v) is 5.63. The minimum absolute atomic E-state index is 0.178. The molecular weight excluding hydrogens is 280 g/mol. The third-order valence-corrected chi connectivity index (χ3v) is 3.55. The molecule has 0 aliphatic rings. The van der Waals surface area contributed by atoms with E-state index < -0.39 is 5.97 Å². The van der Waals surface area contributed by atoms with Crippen LogP contribution in [0.25, 0.3) is 0 Å². The molecule has 0 bridgehead atoms. The fraction of sp³-hybridized carbons (Fsp3) is 0.722. The summed E-state index contributed by atoms with van der Waals surface area (Å²) in [6.45, 7) is 2.15. The molecule has 22 heavy (non-hydrogen) atoms. The van der Waals surface area contributed by atoms with Crippen LogP contribution in [0.1, 0.15) is 77.6 Å². The van der Waals surface area contributed by atoms with Crippen LogP contribution in [0.15, 0.2) is 24.3 Å². The molecule has 0 saturated heterocycles. The largest absolute Gasteiger partial charge is 0.550 e. The molecule has 0 aromatic heterocycles. The molecule has 0 aromatic carbocycles. The van der Waals surface area contributed by atoms with E-state index in [-0.39, 0.29) is 12.5 Å². The minimum atomic E-state index is -0.949. The van der Waals surface area contributed by atoms with Crippen LogP contribution >= 0.6 is 0 Å². The number of carboxylic acid groups (broad SMARTS) is 1. The van der Waals surface area contributed by atoms with E-state index in [2.05, 4.69) is 17.9 Å². The Hall–Kier alpha value is -1.13. The van der Waals surface area contributed by atoms with Crippen LogP contribution in [0.4, 0.5) is 0 Å². The highest BCUT2D eigenvalue weighted by atomic mass is 17.1. The van der Waals surface area contributed by atoms with Crippen LogP contribution in [0.5, 0.6) is 0 Å². The summed E-state index contributed by atoms with van der Waals surface area (Å²) in [4.78, 5) is 14.7. The second-order valence-electron chi connectivity index (χ2n) is 5.63. The second kappa shape index (κ2) is 16.2. The van der Waals surface area contributed by atoms with E-state index in [1.54, 1.807) is 0 Å². The Morgan fingerprint density at radius 3 is 2.50 bits per heavy atom. The highest BCUT2D eigenvalue weighted by molar-refractivity contribution is 5.63. The van der Waals surface area contributed by atoms with Gasteiger partial charge in [0.25, 0.3) is 0 Å². The molecule has 1 unspecified atom stereocenters. The predicted octanol–water partition coefficient (Wildman–Crippen LogP) is 4.02. The first-order valence-electron chi connectivity index (χ1n) is 8.54. The Kier molecular flexibility index (Phi) is 15.4. The van der Waals surface area contributed by atoms with Gasteiger partial charge in [0.15, 0.2) is 0 Å². The summed E-state index contributed by atoms with van der Waals surface area (Å²) in [5.74, 6) is -0.949. The molecule has 0 spiro atoms. The molecule has 0 heterocycles. The lowest BCUT2D eigenvalue weighted by Gasteiger charge is -2.07. The van der Waals surface area contributed by atoms with Gasteiger partial charge in [0.05, 0.1) is 0 Å². The van der Waals surface area contributed by atoms with Crippen molar-refractivity contribution in [2.45, 2.75) is 83.7 Å². The van der Waals surface area contributed by atoms with Crippen LogP contribution in [-0.4, -0.2) is 17.3 Å². The Balaban J connectivity index is 3.51. The van der Waals surface area contributed by atoms with Crippen LogP contribution in [-0.2, 0) is 9.68 Å². The van der Waals surface area contributed by atoms with Crippen molar-refractivity contribution in [1.29, 1.82) is 0 Å². The molecule has 0 fully saturated rings. The number of rotatable bonds is 15. The standard InChI is InChI=1S/C18H32O4/c1-2-3-11-14-17(22-21)15-12-9-7-5-4-6-8-10-13-16-18(19)20/h7,9,12,15,17,21H,2-6,8,10-11,13-14,16H2,1H3,(H,19,20)/p-1/b9-7-,15-12+. The first-order chi connectivity index (χ1) is 10.7. The summed E-state index contributed by atoms with van der Waals surface area (Å²) in [7, 11) is 0. The SMILES string of the molecule is CCCCCC(/C=C/C=C\CCCCCCCC(=O)[O-])OO. The van der Waals surface area contributed by atoms with Crippen molar-refractivity contribution in [3.8, 4) is 0 Å². The molecule has 0 aliphatic carbocycles. The molecule has 1 atom stereocenters. The van der Waals surface area contributed by atoms with Gasteiger partial charge in [-0.1, -0.05) is 69.8 Å². The van der Waals surface area contributed by atoms with Gasteiger partial charge < -0.3 is 9.90 Å². The van der Waals surface area contributed by atoms with E-state index >= 15 is 0 Å². The lowest BCUT2D eigenvalue weighted by atomic mass is 10.1. The zero-order valence-corrected chi connectivity index (χ0v) is 13.8. The van der Waals surface area contributed by atoms with Crippen molar-refractivity contribution in [2.24, 2.45) is 0 Å². The maximum absolute atomic E-state index is 10.2. The molecule has 4 nitrogen and oxygen atoms in total. The van der Waals surface area contributed by atoms with Gasteiger partial charge in [-0.15, -0.1) is 0 Å². The maximum Gasteiger partial charge on any atom is 0.111 e. The summed E-state index contributed by atoms with van der Waals surface area (Å²) in [5, 5.41) is 19.0. The van der Waals surface area contributed by atoms with E-state index in [1.165, 1.54) is 0 Å². The van der Waals surface area contributed by atoms with E-state index in [4.69, 9.17) is 5.26 Å². The average Bonchev–Trinajstić information content (AvgIpc) is 2.50. The quantitative estimate of drug-likeness (QED) is 0.215. The van der Waals surface area contributed by atoms with E-state index in [0.717, 1.165) is 64.2 Å². The van der Waals surface area contributed by atoms with Crippen molar-refractivity contribution < 1.29 is 20.0 Å². The molecule has 1 N–H and O–H groups in total. The molecule has 0 aliphatic heterocycles. The van der Waals surface area contributed by atoms with E-state index in [9.17, 15) is 9.90 Å². The normalized spacial score (nSPS) is 13.2. The monoisotopic (exact) mass is 311 g/mol. The highest BCUT2D eigenvalue weighted by Crippen LogP contribution is 2.09. The first kappa shape index (κ1) is 20.9. The predicted molar refractivity (Wildman–Crippen MR) is 87.2 cm³/mol. The molecule has 0 rings (SSSR count). The number of hydrogen-bond acceptors (Lipinski definition) is 4. The Labute approximate surface area is 134 Å². The average molecular weight is 311 g/mol. The number of hydrogen-bond donors (Lipinski definition) is 1. The molecule has 4 heteroatoms. The first-order valence-corrected chi connectivity index (χ1v) is 8.54. The van der Waals surface area contributed by atoms with Gasteiger partial charge >= 0.3 is 0 Å². The lowest BCUT2D eigenvalue weighted by molar-refractivity contribution is -0.305. The number of allylic oxidation sites excluding steroid dienone is 3. The third-order valence-electron chi connectivity index (χ3n) is 3.55. The number of carbonyl (C=O) groups is 1. The number of carbonyl (C=O) groups excluding carboxylic acids is 1. The summed E-state index contributed by atoms with van der Waals surface area (Å²) >= 11 is 0. The molecule has 0 saturated carbocycles. The van der Waals surface area contributed by atoms with Crippen molar-refractivity contribution in [1.82, 2.24) is 0 Å². The molecule has 0 aromatic rings. The third kappa shape index (κ3) is 15.3. The fourth-order valence-corrected chi connectivity index (χ4v) is 2.20. The summed E-state index contributed by atoms with van der Waals surface area (Å²) in [5.41, 5.74) is 0. The van der Waals surface area contributed by atoms with Crippen molar-refractivity contribution >= 4 is 5.97 Å². The Morgan fingerprint density at radius 2 is 1.82 bits per heavy atom. The van der Waals surface area contributed by atoms with Crippen molar-refractivity contribution in [3.63, 3.8) is 0 Å². The number of aliphatic carboxylic acids is 1. The number of unbranched alkanes of at least 4 members (excludes halogenated alkanes) is 7. The van der Waals surface area contributed by atoms with Gasteiger partial charge in [0.1, 0.15) is 6.10 Å². The zero-order valence-electron chi connectivity index (χ0n) is 13.8. The zero-order chi connectivity index (χ0) is 16.5. The van der Waals surface area contributed by atoms with Gasteiger partial charge in [0.2, 0.25) is 0 Å². The number of carboxylic acids is 1. The van der Waals surface area contributed by atoms with E-state index in [1.807, 2.05) is 18.2 Å². The topological polar surface area (TPSA) is 69.6 Å². The summed E-state index contributed by atoms with van der Waals surface area (Å²) in [6, 6.07) is 0.